The van der Waals surface area contributed by atoms with E-state index in [2.05, 4.69) is 37.0 Å². The minimum absolute atomic E-state index is 0.102. The molecule has 26 heavy (non-hydrogen) atoms. The topological polar surface area (TPSA) is 113 Å². The summed E-state index contributed by atoms with van der Waals surface area (Å²) >= 11 is 0. The van der Waals surface area contributed by atoms with Crippen molar-refractivity contribution in [1.82, 2.24) is 4.98 Å². The maximum absolute atomic E-state index is 9.95. The number of nitrogens with zero attached hydrogens (tertiary/aromatic N) is 4. The molecule has 6 nitrogen and oxygen atoms in total. The van der Waals surface area contributed by atoms with Crippen LogP contribution < -0.4 is 4.90 Å². The van der Waals surface area contributed by atoms with Gasteiger partial charge in [0, 0.05) is 24.2 Å². The summed E-state index contributed by atoms with van der Waals surface area (Å²) in [7, 11) is 0. The lowest BCUT2D eigenvalue weighted by Gasteiger charge is -2.46. The van der Waals surface area contributed by atoms with E-state index in [-0.39, 0.29) is 11.6 Å². The van der Waals surface area contributed by atoms with Crippen molar-refractivity contribution in [3.8, 4) is 18.2 Å². The van der Waals surface area contributed by atoms with Crippen LogP contribution in [0.5, 0.6) is 0 Å². The lowest BCUT2D eigenvalue weighted by atomic mass is 9.54. The Kier molecular flexibility index (Phi) is 4.60. The summed E-state index contributed by atoms with van der Waals surface area (Å²) in [5, 5.41) is 38.1. The Morgan fingerprint density at radius 1 is 1.31 bits per heavy atom. The Hall–Kier alpha value is -3.01. The minimum atomic E-state index is -1.65. The van der Waals surface area contributed by atoms with E-state index in [1.54, 1.807) is 18.5 Å². The average Bonchev–Trinajstić information content (AvgIpc) is 2.67. The standard InChI is InChI=1S/C20H20N6/c1-13(2)26-7-5-15-16(8-21)19(24)20(11-22,12-23)18(17(15)10-26)14-4-3-6-25-9-14/h3-6,9,13,16-18,24H,7,10H2,1-2H3/p+1/t16?,17-,18+/m1/s1. The number of fused-ring (bicyclic) bond motifs is 1. The van der Waals surface area contributed by atoms with Gasteiger partial charge in [0.15, 0.2) is 5.41 Å². The first-order chi connectivity index (χ1) is 12.5. The van der Waals surface area contributed by atoms with Gasteiger partial charge in [-0.3, -0.25) is 4.98 Å². The Bertz CT molecular complexity index is 850. The van der Waals surface area contributed by atoms with E-state index in [0.717, 1.165) is 24.2 Å². The second-order valence-electron chi connectivity index (χ2n) is 7.30. The summed E-state index contributed by atoms with van der Waals surface area (Å²) in [6, 6.07) is 10.4. The predicted molar refractivity (Wildman–Crippen MR) is 94.9 cm³/mol. The lowest BCUT2D eigenvalue weighted by molar-refractivity contribution is -0.920. The van der Waals surface area contributed by atoms with Crippen molar-refractivity contribution in [3.05, 3.63) is 41.7 Å². The molecule has 130 valence electrons. The predicted octanol–water partition coefficient (Wildman–Crippen LogP) is 1.22. The van der Waals surface area contributed by atoms with Gasteiger partial charge in [0.05, 0.1) is 43.1 Å². The van der Waals surface area contributed by atoms with Crippen LogP contribution in [-0.4, -0.2) is 29.8 Å². The highest BCUT2D eigenvalue weighted by atomic mass is 15.2. The van der Waals surface area contributed by atoms with Crippen LogP contribution in [0.1, 0.15) is 25.3 Å². The molecule has 1 aromatic rings. The highest BCUT2D eigenvalue weighted by Gasteiger charge is 2.58. The number of pyridine rings is 1. The van der Waals surface area contributed by atoms with Crippen molar-refractivity contribution < 1.29 is 4.90 Å². The second-order valence-corrected chi connectivity index (χ2v) is 7.30. The Morgan fingerprint density at radius 3 is 2.58 bits per heavy atom. The molecule has 2 N–H and O–H groups in total. The first-order valence-corrected chi connectivity index (χ1v) is 8.75. The highest BCUT2D eigenvalue weighted by molar-refractivity contribution is 6.00. The molecule has 1 aromatic heterocycles. The molecule has 1 aliphatic carbocycles. The van der Waals surface area contributed by atoms with E-state index < -0.39 is 17.3 Å². The number of quaternary nitrogens is 1. The molecule has 0 amide bonds. The van der Waals surface area contributed by atoms with E-state index in [0.29, 0.717) is 6.04 Å². The normalized spacial score (nSPS) is 29.7. The van der Waals surface area contributed by atoms with Crippen molar-refractivity contribution in [2.45, 2.75) is 25.8 Å². The Morgan fingerprint density at radius 2 is 2.04 bits per heavy atom. The van der Waals surface area contributed by atoms with Gasteiger partial charge in [0.2, 0.25) is 0 Å². The zero-order valence-electron chi connectivity index (χ0n) is 14.9. The van der Waals surface area contributed by atoms with Crippen molar-refractivity contribution in [3.63, 3.8) is 0 Å². The fourth-order valence-electron chi connectivity index (χ4n) is 4.33. The molecule has 3 rings (SSSR count). The number of nitrogens with one attached hydrogen (secondary N) is 2. The van der Waals surface area contributed by atoms with Crippen LogP contribution in [0.2, 0.25) is 0 Å². The summed E-state index contributed by atoms with van der Waals surface area (Å²) in [4.78, 5) is 5.52. The van der Waals surface area contributed by atoms with Crippen LogP contribution in [-0.2, 0) is 0 Å². The molecule has 4 atom stereocenters. The van der Waals surface area contributed by atoms with Gasteiger partial charge < -0.3 is 10.3 Å². The maximum Gasteiger partial charge on any atom is 0.190 e. The van der Waals surface area contributed by atoms with Crippen molar-refractivity contribution in [2.75, 3.05) is 13.1 Å². The molecule has 2 heterocycles. The molecule has 0 radical (unpaired) electrons. The van der Waals surface area contributed by atoms with Crippen molar-refractivity contribution in [2.24, 2.45) is 17.3 Å². The summed E-state index contributed by atoms with van der Waals surface area (Å²) in [5.41, 5.74) is -0.0888. The third-order valence-electron chi connectivity index (χ3n) is 5.77. The van der Waals surface area contributed by atoms with Crippen LogP contribution in [0.4, 0.5) is 0 Å². The van der Waals surface area contributed by atoms with Crippen molar-refractivity contribution >= 4 is 5.71 Å². The molecule has 0 aromatic carbocycles. The molecule has 1 fully saturated rings. The molecule has 2 aliphatic rings. The molecule has 0 spiro atoms. The molecule has 1 aliphatic heterocycles. The minimum Gasteiger partial charge on any atom is -0.329 e. The van der Waals surface area contributed by atoms with Gasteiger partial charge >= 0.3 is 0 Å². The van der Waals surface area contributed by atoms with Gasteiger partial charge in [-0.1, -0.05) is 6.07 Å². The third-order valence-corrected chi connectivity index (χ3v) is 5.77. The first-order valence-electron chi connectivity index (χ1n) is 8.75. The third kappa shape index (κ3) is 2.49. The van der Waals surface area contributed by atoms with E-state index in [4.69, 9.17) is 5.41 Å². The van der Waals surface area contributed by atoms with E-state index in [1.807, 2.05) is 12.1 Å². The highest BCUT2D eigenvalue weighted by Crippen LogP contribution is 2.52. The number of rotatable bonds is 2. The van der Waals surface area contributed by atoms with Crippen molar-refractivity contribution in [1.29, 1.82) is 21.2 Å². The molecule has 0 saturated heterocycles. The first kappa shape index (κ1) is 17.8. The van der Waals surface area contributed by atoms with Crippen LogP contribution >= 0.6 is 0 Å². The summed E-state index contributed by atoms with van der Waals surface area (Å²) in [6.45, 7) is 5.81. The smallest absolute Gasteiger partial charge is 0.190 e. The van der Waals surface area contributed by atoms with Gasteiger partial charge in [-0.15, -0.1) is 0 Å². The van der Waals surface area contributed by atoms with E-state index >= 15 is 0 Å². The number of nitriles is 3. The largest absolute Gasteiger partial charge is 0.329 e. The van der Waals surface area contributed by atoms with Gasteiger partial charge in [0.25, 0.3) is 0 Å². The van der Waals surface area contributed by atoms with Crippen LogP contribution in [0.25, 0.3) is 0 Å². The van der Waals surface area contributed by atoms with E-state index in [1.165, 1.54) is 4.90 Å². The van der Waals surface area contributed by atoms with Gasteiger partial charge in [-0.05, 0) is 37.1 Å². The molecule has 2 unspecified atom stereocenters. The quantitative estimate of drug-likeness (QED) is 0.785. The number of aromatic nitrogens is 1. The average molecular weight is 345 g/mol. The van der Waals surface area contributed by atoms with Gasteiger partial charge in [-0.25, -0.2) is 0 Å². The van der Waals surface area contributed by atoms with Gasteiger partial charge in [-0.2, -0.15) is 15.8 Å². The van der Waals surface area contributed by atoms with Crippen LogP contribution in [0, 0.1) is 56.7 Å². The molecular weight excluding hydrogens is 324 g/mol. The SMILES string of the molecule is CC(C)[NH+]1CC=C2C(C#N)C(=N)C(C#N)(C#N)[C@@H](c3cccnc3)[C@@H]2C1. The fourth-order valence-corrected chi connectivity index (χ4v) is 4.33. The van der Waals surface area contributed by atoms with Crippen LogP contribution in [0.15, 0.2) is 36.2 Å². The molecule has 0 bridgehead atoms. The number of hydrogen-bond donors (Lipinski definition) is 2. The second kappa shape index (κ2) is 6.71. The zero-order valence-corrected chi connectivity index (χ0v) is 14.9. The lowest BCUT2D eigenvalue weighted by Crippen LogP contribution is -3.16. The molecule has 1 saturated carbocycles. The van der Waals surface area contributed by atoms with Gasteiger partial charge in [0.1, 0.15) is 5.92 Å². The number of hydrogen-bond acceptors (Lipinski definition) is 5. The zero-order chi connectivity index (χ0) is 18.9. The maximum atomic E-state index is 9.95. The molecular formula is C20H21N6+. The van der Waals surface area contributed by atoms with Crippen LogP contribution in [0.3, 0.4) is 0 Å². The fraction of sp³-hybridized carbons (Fsp3) is 0.450. The Balaban J connectivity index is 2.23. The summed E-state index contributed by atoms with van der Waals surface area (Å²) in [6.07, 6.45) is 5.38. The monoisotopic (exact) mass is 345 g/mol. The summed E-state index contributed by atoms with van der Waals surface area (Å²) in [5.74, 6) is -1.44. The Labute approximate surface area is 153 Å². The molecule has 6 heteroatoms. The summed E-state index contributed by atoms with van der Waals surface area (Å²) < 4.78 is 0. The van der Waals surface area contributed by atoms with E-state index in [9.17, 15) is 15.8 Å².